The number of nitrogens with one attached hydrogen (secondary N) is 1. The Hall–Kier alpha value is -3.73. The van der Waals surface area contributed by atoms with E-state index in [0.29, 0.717) is 5.56 Å². The molecule has 3 heterocycles. The van der Waals surface area contributed by atoms with E-state index in [2.05, 4.69) is 44.5 Å². The molecule has 0 bridgehead atoms. The Morgan fingerprint density at radius 3 is 2.64 bits per heavy atom. The molecule has 0 fully saturated rings. The zero-order valence-corrected chi connectivity index (χ0v) is 15.2. The number of fused-ring (bicyclic) bond motifs is 1. The van der Waals surface area contributed by atoms with Gasteiger partial charge in [-0.1, -0.05) is 36.4 Å². The van der Waals surface area contributed by atoms with E-state index in [9.17, 15) is 4.79 Å². The predicted octanol–water partition coefficient (Wildman–Crippen LogP) is 4.38. The van der Waals surface area contributed by atoms with E-state index in [1.807, 2.05) is 48.5 Å². The third kappa shape index (κ3) is 2.97. The summed E-state index contributed by atoms with van der Waals surface area (Å²) in [5, 5.41) is 7.92. The van der Waals surface area contributed by atoms with E-state index in [1.54, 1.807) is 6.20 Å². The molecule has 136 valence electrons. The Balaban J connectivity index is 1.53. The van der Waals surface area contributed by atoms with Gasteiger partial charge in [0, 0.05) is 35.6 Å². The number of hydrogen-bond donors (Lipinski definition) is 1. The van der Waals surface area contributed by atoms with Crippen LogP contribution in [0.15, 0.2) is 83.9 Å². The maximum absolute atomic E-state index is 12.4. The first kappa shape index (κ1) is 16.4. The second kappa shape index (κ2) is 6.78. The topological polar surface area (TPSA) is 61.9 Å². The second-order valence-corrected chi connectivity index (χ2v) is 6.82. The van der Waals surface area contributed by atoms with Gasteiger partial charge in [-0.2, -0.15) is 5.10 Å². The lowest BCUT2D eigenvalue weighted by molar-refractivity contribution is 0.994. The van der Waals surface area contributed by atoms with Crippen molar-refractivity contribution in [1.82, 2.24) is 15.2 Å². The molecule has 0 saturated heterocycles. The molecule has 5 rings (SSSR count). The molecule has 0 spiro atoms. The molecule has 0 radical (unpaired) electrons. The monoisotopic (exact) mass is 366 g/mol. The van der Waals surface area contributed by atoms with Gasteiger partial charge in [-0.05, 0) is 42.3 Å². The maximum Gasteiger partial charge on any atom is 0.272 e. The van der Waals surface area contributed by atoms with Crippen LogP contribution in [0.2, 0.25) is 0 Å². The fraction of sp³-hybridized carbons (Fsp3) is 0.0870. The van der Waals surface area contributed by atoms with Gasteiger partial charge in [0.15, 0.2) is 0 Å². The van der Waals surface area contributed by atoms with Gasteiger partial charge in [0.2, 0.25) is 0 Å². The van der Waals surface area contributed by atoms with Crippen molar-refractivity contribution in [2.24, 2.45) is 0 Å². The quantitative estimate of drug-likeness (QED) is 0.585. The van der Waals surface area contributed by atoms with Crippen LogP contribution >= 0.6 is 0 Å². The minimum Gasteiger partial charge on any atom is -0.348 e. The lowest BCUT2D eigenvalue weighted by Gasteiger charge is -2.15. The zero-order valence-electron chi connectivity index (χ0n) is 15.2. The summed E-state index contributed by atoms with van der Waals surface area (Å²) in [7, 11) is 0. The molecule has 0 amide bonds. The number of aromatic amines is 1. The second-order valence-electron chi connectivity index (χ2n) is 6.82. The van der Waals surface area contributed by atoms with Crippen molar-refractivity contribution in [3.63, 3.8) is 0 Å². The fourth-order valence-corrected chi connectivity index (χ4v) is 3.53. The van der Waals surface area contributed by atoms with Crippen molar-refractivity contribution in [3.8, 4) is 22.4 Å². The lowest BCUT2D eigenvalue weighted by Crippen LogP contribution is -2.12. The molecule has 2 aromatic heterocycles. The smallest absolute Gasteiger partial charge is 0.272 e. The van der Waals surface area contributed by atoms with Gasteiger partial charge in [0.05, 0.1) is 16.8 Å². The normalized spacial score (nSPS) is 13.4. The highest BCUT2D eigenvalue weighted by molar-refractivity contribution is 5.84. The van der Waals surface area contributed by atoms with Crippen LogP contribution in [-0.2, 0) is 0 Å². The van der Waals surface area contributed by atoms with Crippen molar-refractivity contribution < 1.29 is 0 Å². The number of benzene rings is 2. The molecular formula is C23H18N4O. The fourth-order valence-electron chi connectivity index (χ4n) is 3.53. The minimum absolute atomic E-state index is 0.210. The maximum atomic E-state index is 12.4. The summed E-state index contributed by atoms with van der Waals surface area (Å²) in [6.45, 7) is 1.01. The molecule has 0 saturated carbocycles. The van der Waals surface area contributed by atoms with Crippen molar-refractivity contribution >= 4 is 16.6 Å². The molecule has 1 aliphatic rings. The van der Waals surface area contributed by atoms with Gasteiger partial charge < -0.3 is 4.90 Å². The number of aromatic nitrogens is 3. The summed E-state index contributed by atoms with van der Waals surface area (Å²) in [4.78, 5) is 19.0. The molecule has 1 N–H and O–H groups in total. The van der Waals surface area contributed by atoms with E-state index >= 15 is 0 Å². The van der Waals surface area contributed by atoms with Gasteiger partial charge in [-0.3, -0.25) is 9.78 Å². The standard InChI is InChI=1S/C23H18N4O/c28-23-20(18-6-5-16-4-3-11-24-21(16)14-18)15-22(25-26-23)17-7-9-19(10-8-17)27-12-1-2-13-27/h1,3-12,14-15H,2,13H2,(H,26,28). The Kier molecular flexibility index (Phi) is 3.98. The predicted molar refractivity (Wildman–Crippen MR) is 112 cm³/mol. The van der Waals surface area contributed by atoms with Gasteiger partial charge in [-0.15, -0.1) is 0 Å². The summed E-state index contributed by atoms with van der Waals surface area (Å²) in [5.74, 6) is 0. The van der Waals surface area contributed by atoms with Gasteiger partial charge >= 0.3 is 0 Å². The molecule has 2 aromatic carbocycles. The van der Waals surface area contributed by atoms with Crippen molar-refractivity contribution in [2.75, 3.05) is 11.4 Å². The average molecular weight is 366 g/mol. The number of pyridine rings is 1. The molecule has 5 nitrogen and oxygen atoms in total. The first-order chi connectivity index (χ1) is 13.8. The number of hydrogen-bond acceptors (Lipinski definition) is 4. The number of rotatable bonds is 3. The van der Waals surface area contributed by atoms with E-state index < -0.39 is 0 Å². The minimum atomic E-state index is -0.210. The highest BCUT2D eigenvalue weighted by Gasteiger charge is 2.11. The largest absolute Gasteiger partial charge is 0.348 e. The summed E-state index contributed by atoms with van der Waals surface area (Å²) >= 11 is 0. The van der Waals surface area contributed by atoms with E-state index in [4.69, 9.17) is 0 Å². The Morgan fingerprint density at radius 2 is 1.82 bits per heavy atom. The highest BCUT2D eigenvalue weighted by atomic mass is 16.1. The first-order valence-corrected chi connectivity index (χ1v) is 9.26. The van der Waals surface area contributed by atoms with Crippen LogP contribution in [-0.4, -0.2) is 21.7 Å². The summed E-state index contributed by atoms with van der Waals surface area (Å²) in [6, 6.07) is 19.8. The molecule has 4 aromatic rings. The van der Waals surface area contributed by atoms with E-state index in [1.165, 1.54) is 0 Å². The van der Waals surface area contributed by atoms with E-state index in [0.717, 1.165) is 46.4 Å². The highest BCUT2D eigenvalue weighted by Crippen LogP contribution is 2.26. The zero-order chi connectivity index (χ0) is 18.9. The number of H-pyrrole nitrogens is 1. The molecule has 0 atom stereocenters. The molecule has 0 unspecified atom stereocenters. The number of nitrogens with zero attached hydrogens (tertiary/aromatic N) is 3. The van der Waals surface area contributed by atoms with Crippen LogP contribution < -0.4 is 10.5 Å². The molecular weight excluding hydrogens is 348 g/mol. The van der Waals surface area contributed by atoms with Gasteiger partial charge in [-0.25, -0.2) is 5.10 Å². The van der Waals surface area contributed by atoms with Crippen molar-refractivity contribution in [1.29, 1.82) is 0 Å². The molecule has 0 aliphatic carbocycles. The third-order valence-electron chi connectivity index (χ3n) is 5.04. The molecule has 5 heteroatoms. The summed E-state index contributed by atoms with van der Waals surface area (Å²) < 4.78 is 0. The van der Waals surface area contributed by atoms with E-state index in [-0.39, 0.29) is 5.56 Å². The van der Waals surface area contributed by atoms with Crippen LogP contribution in [0.25, 0.3) is 33.3 Å². The van der Waals surface area contributed by atoms with Crippen LogP contribution in [0.3, 0.4) is 0 Å². The molecule has 28 heavy (non-hydrogen) atoms. The van der Waals surface area contributed by atoms with Crippen molar-refractivity contribution in [2.45, 2.75) is 6.42 Å². The Morgan fingerprint density at radius 1 is 0.964 bits per heavy atom. The summed E-state index contributed by atoms with van der Waals surface area (Å²) in [5.41, 5.74) is 4.92. The third-order valence-corrected chi connectivity index (χ3v) is 5.04. The SMILES string of the molecule is O=c1[nH]nc(-c2ccc(N3C=CCC3)cc2)cc1-c1ccc2cccnc2c1. The Labute approximate surface area is 162 Å². The lowest BCUT2D eigenvalue weighted by atomic mass is 10.0. The van der Waals surface area contributed by atoms with Crippen molar-refractivity contribution in [3.05, 3.63) is 89.5 Å². The average Bonchev–Trinajstić information content (AvgIpc) is 3.29. The van der Waals surface area contributed by atoms with Crippen LogP contribution in [0.1, 0.15) is 6.42 Å². The number of anilines is 1. The van der Waals surface area contributed by atoms with Crippen LogP contribution in [0, 0.1) is 0 Å². The first-order valence-electron chi connectivity index (χ1n) is 9.26. The Bertz CT molecular complexity index is 1240. The van der Waals surface area contributed by atoms with Crippen LogP contribution in [0.5, 0.6) is 0 Å². The van der Waals surface area contributed by atoms with Gasteiger partial charge in [0.1, 0.15) is 0 Å². The van der Waals surface area contributed by atoms with Crippen LogP contribution in [0.4, 0.5) is 5.69 Å². The summed E-state index contributed by atoms with van der Waals surface area (Å²) in [6.07, 6.45) is 7.11. The van der Waals surface area contributed by atoms with Gasteiger partial charge in [0.25, 0.3) is 5.56 Å². The molecule has 1 aliphatic heterocycles.